The second-order valence-electron chi connectivity index (χ2n) is 10.2. The summed E-state index contributed by atoms with van der Waals surface area (Å²) in [6.45, 7) is 0. The third kappa shape index (κ3) is 6.17. The lowest BCUT2D eigenvalue weighted by Gasteiger charge is -2.38. The summed E-state index contributed by atoms with van der Waals surface area (Å²) in [4.78, 5) is 0. The van der Waals surface area contributed by atoms with Crippen molar-refractivity contribution < 1.29 is 17.9 Å². The zero-order valence-electron chi connectivity index (χ0n) is 18.1. The van der Waals surface area contributed by atoms with Crippen LogP contribution in [0.15, 0.2) is 24.3 Å². The molecule has 1 aromatic rings. The van der Waals surface area contributed by atoms with Crippen LogP contribution in [0.2, 0.25) is 0 Å². The number of ether oxygens (including phenoxy) is 1. The molecule has 0 bridgehead atoms. The maximum Gasteiger partial charge on any atom is 0.573 e. The van der Waals surface area contributed by atoms with Crippen molar-refractivity contribution >= 4 is 0 Å². The second kappa shape index (κ2) is 9.96. The van der Waals surface area contributed by atoms with E-state index in [9.17, 15) is 13.2 Å². The first-order valence-electron chi connectivity index (χ1n) is 12.3. The molecule has 0 amide bonds. The Morgan fingerprint density at radius 2 is 1.17 bits per heavy atom. The van der Waals surface area contributed by atoms with E-state index in [2.05, 4.69) is 4.74 Å². The van der Waals surface area contributed by atoms with E-state index in [1.807, 2.05) is 12.1 Å². The molecule has 0 radical (unpaired) electrons. The highest BCUT2D eigenvalue weighted by Gasteiger charge is 2.33. The fourth-order valence-corrected chi connectivity index (χ4v) is 6.58. The third-order valence-electron chi connectivity index (χ3n) is 8.37. The number of alkyl halides is 3. The number of halogens is 3. The molecule has 1 aromatic carbocycles. The van der Waals surface area contributed by atoms with Crippen LogP contribution in [0, 0.1) is 23.7 Å². The van der Waals surface area contributed by atoms with Gasteiger partial charge in [-0.05, 0) is 85.8 Å². The molecule has 3 fully saturated rings. The molecule has 30 heavy (non-hydrogen) atoms. The fraction of sp³-hybridized carbons (Fsp3) is 0.769. The fourth-order valence-electron chi connectivity index (χ4n) is 6.58. The second-order valence-corrected chi connectivity index (χ2v) is 10.2. The Balaban J connectivity index is 1.18. The third-order valence-corrected chi connectivity index (χ3v) is 8.37. The molecule has 0 spiro atoms. The van der Waals surface area contributed by atoms with Gasteiger partial charge in [0.15, 0.2) is 0 Å². The molecule has 4 heteroatoms. The summed E-state index contributed by atoms with van der Waals surface area (Å²) >= 11 is 0. The van der Waals surface area contributed by atoms with E-state index in [0.717, 1.165) is 23.7 Å². The smallest absolute Gasteiger partial charge is 0.406 e. The van der Waals surface area contributed by atoms with Crippen molar-refractivity contribution in [2.24, 2.45) is 23.7 Å². The quantitative estimate of drug-likeness (QED) is 0.446. The van der Waals surface area contributed by atoms with Crippen molar-refractivity contribution in [1.82, 2.24) is 0 Å². The lowest BCUT2D eigenvalue weighted by Crippen LogP contribution is -2.25. The van der Waals surface area contributed by atoms with Crippen LogP contribution in [0.25, 0.3) is 0 Å². The molecule has 0 aliphatic heterocycles. The highest BCUT2D eigenvalue weighted by molar-refractivity contribution is 5.29. The van der Waals surface area contributed by atoms with Crippen molar-refractivity contribution in [3.05, 3.63) is 29.8 Å². The van der Waals surface area contributed by atoms with Crippen molar-refractivity contribution in [2.45, 2.75) is 102 Å². The zero-order valence-corrected chi connectivity index (χ0v) is 18.1. The molecule has 168 valence electrons. The summed E-state index contributed by atoms with van der Waals surface area (Å²) in [6, 6.07) is 6.56. The Kier molecular flexibility index (Phi) is 7.31. The van der Waals surface area contributed by atoms with Gasteiger partial charge in [0.25, 0.3) is 0 Å². The standard InChI is InChI=1S/C26H37F3O/c27-26(28,29)30-25-17-15-24(16-18-25)23-13-11-22(12-14-23)21-9-7-20(8-10-21)6-5-19-3-1-2-4-19/h15-23H,1-14H2/t20-,21-,22-,23-. The minimum Gasteiger partial charge on any atom is -0.406 e. The molecule has 0 N–H and O–H groups in total. The summed E-state index contributed by atoms with van der Waals surface area (Å²) in [5.41, 5.74) is 1.17. The summed E-state index contributed by atoms with van der Waals surface area (Å²) in [5, 5.41) is 0. The first-order valence-corrected chi connectivity index (χ1v) is 12.3. The van der Waals surface area contributed by atoms with Gasteiger partial charge in [-0.3, -0.25) is 0 Å². The first kappa shape index (κ1) is 22.0. The van der Waals surface area contributed by atoms with Crippen LogP contribution in [0.4, 0.5) is 13.2 Å². The van der Waals surface area contributed by atoms with Gasteiger partial charge in [0.2, 0.25) is 0 Å². The van der Waals surface area contributed by atoms with Crippen molar-refractivity contribution in [1.29, 1.82) is 0 Å². The predicted octanol–water partition coefficient (Wildman–Crippen LogP) is 8.64. The Morgan fingerprint density at radius 1 is 0.667 bits per heavy atom. The van der Waals surface area contributed by atoms with Gasteiger partial charge in [0, 0.05) is 0 Å². The number of hydrogen-bond acceptors (Lipinski definition) is 1. The molecule has 0 aromatic heterocycles. The van der Waals surface area contributed by atoms with Crippen LogP contribution in [-0.4, -0.2) is 6.36 Å². The van der Waals surface area contributed by atoms with Crippen LogP contribution in [0.5, 0.6) is 5.75 Å². The average Bonchev–Trinajstić information content (AvgIpc) is 3.26. The molecule has 1 nitrogen and oxygen atoms in total. The van der Waals surface area contributed by atoms with Gasteiger partial charge in [-0.1, -0.05) is 63.5 Å². The van der Waals surface area contributed by atoms with Crippen molar-refractivity contribution in [2.75, 3.05) is 0 Å². The van der Waals surface area contributed by atoms with E-state index in [-0.39, 0.29) is 5.75 Å². The monoisotopic (exact) mass is 422 g/mol. The minimum atomic E-state index is -4.62. The average molecular weight is 423 g/mol. The molecule has 0 heterocycles. The Bertz CT molecular complexity index is 631. The van der Waals surface area contributed by atoms with Gasteiger partial charge in [-0.15, -0.1) is 13.2 Å². The lowest BCUT2D eigenvalue weighted by molar-refractivity contribution is -0.274. The topological polar surface area (TPSA) is 9.23 Å². The van der Waals surface area contributed by atoms with E-state index in [1.165, 1.54) is 108 Å². The lowest BCUT2D eigenvalue weighted by atomic mass is 9.68. The summed E-state index contributed by atoms with van der Waals surface area (Å²) in [5.74, 6) is 4.16. The molecule has 0 saturated heterocycles. The Labute approximate surface area is 179 Å². The molecule has 4 rings (SSSR count). The van der Waals surface area contributed by atoms with Gasteiger partial charge >= 0.3 is 6.36 Å². The highest BCUT2D eigenvalue weighted by atomic mass is 19.4. The predicted molar refractivity (Wildman–Crippen MR) is 114 cm³/mol. The molecule has 0 atom stereocenters. The normalized spacial score (nSPS) is 31.0. The van der Waals surface area contributed by atoms with Crippen LogP contribution < -0.4 is 4.74 Å². The maximum atomic E-state index is 12.3. The molecular formula is C26H37F3O. The minimum absolute atomic E-state index is 0.121. The van der Waals surface area contributed by atoms with Crippen LogP contribution in [0.3, 0.4) is 0 Å². The van der Waals surface area contributed by atoms with Gasteiger partial charge in [-0.25, -0.2) is 0 Å². The first-order chi connectivity index (χ1) is 14.5. The zero-order chi connectivity index (χ0) is 21.0. The van der Waals surface area contributed by atoms with E-state index in [1.54, 1.807) is 0 Å². The van der Waals surface area contributed by atoms with E-state index < -0.39 is 6.36 Å². The number of benzene rings is 1. The van der Waals surface area contributed by atoms with Crippen LogP contribution in [0.1, 0.15) is 101 Å². The van der Waals surface area contributed by atoms with Crippen LogP contribution in [-0.2, 0) is 0 Å². The number of hydrogen-bond donors (Lipinski definition) is 0. The van der Waals surface area contributed by atoms with Crippen LogP contribution >= 0.6 is 0 Å². The summed E-state index contributed by atoms with van der Waals surface area (Å²) in [7, 11) is 0. The van der Waals surface area contributed by atoms with Crippen molar-refractivity contribution in [3.8, 4) is 5.75 Å². The molecule has 3 aliphatic rings. The van der Waals surface area contributed by atoms with E-state index in [4.69, 9.17) is 0 Å². The Hall–Kier alpha value is -1.19. The van der Waals surface area contributed by atoms with E-state index >= 15 is 0 Å². The SMILES string of the molecule is FC(F)(F)Oc1ccc([C@H]2CC[C@H]([C@H]3CC[C@H](CCC4CCCC4)CC3)CC2)cc1. The van der Waals surface area contributed by atoms with Gasteiger partial charge < -0.3 is 4.74 Å². The highest BCUT2D eigenvalue weighted by Crippen LogP contribution is 2.45. The van der Waals surface area contributed by atoms with Gasteiger partial charge in [0.05, 0.1) is 0 Å². The van der Waals surface area contributed by atoms with Gasteiger partial charge in [0.1, 0.15) is 5.75 Å². The Morgan fingerprint density at radius 3 is 1.70 bits per heavy atom. The van der Waals surface area contributed by atoms with E-state index in [0.29, 0.717) is 5.92 Å². The summed E-state index contributed by atoms with van der Waals surface area (Å²) < 4.78 is 41.0. The number of rotatable bonds is 6. The van der Waals surface area contributed by atoms with Gasteiger partial charge in [-0.2, -0.15) is 0 Å². The summed E-state index contributed by atoms with van der Waals surface area (Å²) in [6.07, 6.45) is 14.9. The molecule has 3 saturated carbocycles. The maximum absolute atomic E-state index is 12.3. The molecular weight excluding hydrogens is 385 g/mol. The molecule has 0 unspecified atom stereocenters. The molecule has 3 aliphatic carbocycles. The van der Waals surface area contributed by atoms with Crippen molar-refractivity contribution in [3.63, 3.8) is 0 Å². The largest absolute Gasteiger partial charge is 0.573 e.